The van der Waals surface area contributed by atoms with Crippen LogP contribution < -0.4 is 9.88 Å². The Morgan fingerprint density at radius 3 is 2.50 bits per heavy atom. The van der Waals surface area contributed by atoms with Crippen LogP contribution in [0.15, 0.2) is 23.1 Å². The number of primary sulfonamides is 1. The molecule has 0 heterocycles. The van der Waals surface area contributed by atoms with Gasteiger partial charge in [0.2, 0.25) is 10.0 Å². The smallest absolute Gasteiger partial charge is 0.241 e. The van der Waals surface area contributed by atoms with E-state index in [1.807, 2.05) is 0 Å². The van der Waals surface area contributed by atoms with E-state index in [9.17, 15) is 13.2 Å². The Balaban J connectivity index is 3.40. The highest BCUT2D eigenvalue weighted by atomic mass is 32.2. The maximum Gasteiger partial charge on any atom is 0.241 e. The fraction of sp³-hybridized carbons (Fsp3) is 0.125. The molecule has 2 N–H and O–H groups in total. The van der Waals surface area contributed by atoms with Crippen molar-refractivity contribution < 1.29 is 17.9 Å². The second-order valence-corrected chi connectivity index (χ2v) is 4.10. The number of hydrogen-bond acceptors (Lipinski definition) is 4. The molecule has 0 aliphatic rings. The lowest BCUT2D eigenvalue weighted by atomic mass is 10.2. The molecule has 1 rings (SSSR count). The van der Waals surface area contributed by atoms with Crippen LogP contribution in [0.1, 0.15) is 10.4 Å². The van der Waals surface area contributed by atoms with E-state index in [2.05, 4.69) is 0 Å². The van der Waals surface area contributed by atoms with Crippen LogP contribution in [0.25, 0.3) is 0 Å². The number of sulfonamides is 1. The molecule has 0 aliphatic heterocycles. The van der Waals surface area contributed by atoms with Gasteiger partial charge in [-0.15, -0.1) is 0 Å². The molecule has 0 aliphatic carbocycles. The first-order valence-electron chi connectivity index (χ1n) is 3.65. The average molecular weight is 215 g/mol. The van der Waals surface area contributed by atoms with Gasteiger partial charge in [0, 0.05) is 5.56 Å². The molecule has 14 heavy (non-hydrogen) atoms. The van der Waals surface area contributed by atoms with Crippen molar-refractivity contribution in [2.24, 2.45) is 5.14 Å². The highest BCUT2D eigenvalue weighted by molar-refractivity contribution is 7.89. The van der Waals surface area contributed by atoms with Gasteiger partial charge in [-0.2, -0.15) is 0 Å². The van der Waals surface area contributed by atoms with Gasteiger partial charge < -0.3 is 4.74 Å². The molecule has 6 heteroatoms. The van der Waals surface area contributed by atoms with Crippen molar-refractivity contribution in [1.82, 2.24) is 0 Å². The molecule has 0 unspecified atom stereocenters. The molecule has 5 nitrogen and oxygen atoms in total. The first-order valence-corrected chi connectivity index (χ1v) is 5.19. The van der Waals surface area contributed by atoms with E-state index in [-0.39, 0.29) is 10.6 Å². The number of methoxy groups -OCH3 is 1. The molecule has 1 aromatic rings. The van der Waals surface area contributed by atoms with E-state index in [1.54, 1.807) is 0 Å². The van der Waals surface area contributed by atoms with Gasteiger partial charge in [-0.25, -0.2) is 13.6 Å². The summed E-state index contributed by atoms with van der Waals surface area (Å²) in [6.45, 7) is 0. The molecule has 0 saturated carbocycles. The minimum absolute atomic E-state index is 0.0668. The van der Waals surface area contributed by atoms with Gasteiger partial charge in [0.1, 0.15) is 16.9 Å². The van der Waals surface area contributed by atoms with Crippen LogP contribution in [-0.2, 0) is 10.0 Å². The molecule has 0 bridgehead atoms. The third-order valence-corrected chi connectivity index (χ3v) is 2.58. The van der Waals surface area contributed by atoms with Crippen molar-refractivity contribution in [3.8, 4) is 5.75 Å². The molecule has 0 saturated heterocycles. The van der Waals surface area contributed by atoms with Crippen molar-refractivity contribution in [3.63, 3.8) is 0 Å². The monoisotopic (exact) mass is 215 g/mol. The number of benzene rings is 1. The predicted octanol–water partition coefficient (Wildman–Crippen LogP) is 0.155. The fourth-order valence-corrected chi connectivity index (χ4v) is 1.67. The minimum Gasteiger partial charge on any atom is -0.495 e. The van der Waals surface area contributed by atoms with Crippen molar-refractivity contribution in [3.05, 3.63) is 23.8 Å². The molecule has 0 atom stereocenters. The largest absolute Gasteiger partial charge is 0.495 e. The van der Waals surface area contributed by atoms with E-state index in [4.69, 9.17) is 9.88 Å². The van der Waals surface area contributed by atoms with E-state index in [0.717, 1.165) is 0 Å². The van der Waals surface area contributed by atoms with E-state index >= 15 is 0 Å². The van der Waals surface area contributed by atoms with Gasteiger partial charge in [0.05, 0.1) is 7.11 Å². The lowest BCUT2D eigenvalue weighted by molar-refractivity contribution is 0.112. The van der Waals surface area contributed by atoms with Gasteiger partial charge in [-0.1, -0.05) is 6.07 Å². The first-order chi connectivity index (χ1) is 6.49. The second kappa shape index (κ2) is 3.77. The Morgan fingerprint density at radius 2 is 2.07 bits per heavy atom. The molecule has 0 aromatic heterocycles. The van der Waals surface area contributed by atoms with Gasteiger partial charge in [-0.05, 0) is 12.1 Å². The van der Waals surface area contributed by atoms with E-state index in [0.29, 0.717) is 11.8 Å². The summed E-state index contributed by atoms with van der Waals surface area (Å²) in [5.41, 5.74) is 0.328. The summed E-state index contributed by atoms with van der Waals surface area (Å²) in [6.07, 6.45) is 0.593. The number of hydrogen-bond donors (Lipinski definition) is 1. The topological polar surface area (TPSA) is 86.5 Å². The molecular formula is C8H9NO4S. The summed E-state index contributed by atoms with van der Waals surface area (Å²) >= 11 is 0. The Labute approximate surface area is 81.5 Å². The maximum atomic E-state index is 11.0. The van der Waals surface area contributed by atoms with Crippen LogP contribution in [0.3, 0.4) is 0 Å². The van der Waals surface area contributed by atoms with Gasteiger partial charge >= 0.3 is 0 Å². The number of rotatable bonds is 3. The third kappa shape index (κ3) is 2.09. The summed E-state index contributed by atoms with van der Waals surface area (Å²) in [7, 11) is -2.51. The zero-order valence-corrected chi connectivity index (χ0v) is 8.24. The van der Waals surface area contributed by atoms with Crippen LogP contribution in [-0.4, -0.2) is 21.8 Å². The molecule has 0 amide bonds. The van der Waals surface area contributed by atoms with E-state index < -0.39 is 10.0 Å². The molecule has 1 aromatic carbocycles. The zero-order chi connectivity index (χ0) is 10.8. The van der Waals surface area contributed by atoms with Crippen molar-refractivity contribution in [1.29, 1.82) is 0 Å². The summed E-state index contributed by atoms with van der Waals surface area (Å²) < 4.78 is 26.8. The number of aldehydes is 1. The van der Waals surface area contributed by atoms with Gasteiger partial charge in [-0.3, -0.25) is 4.79 Å². The van der Waals surface area contributed by atoms with Crippen LogP contribution in [0, 0.1) is 0 Å². The summed E-state index contributed by atoms with van der Waals surface area (Å²) in [6, 6.07) is 3.90. The number of ether oxygens (including phenoxy) is 1. The lowest BCUT2D eigenvalue weighted by Gasteiger charge is -2.06. The molecule has 76 valence electrons. The molecule has 0 fully saturated rings. The first kappa shape index (κ1) is 10.7. The molecule has 0 radical (unpaired) electrons. The summed E-state index contributed by atoms with van der Waals surface area (Å²) in [5, 5.41) is 4.93. The number of carbonyl (C=O) groups is 1. The van der Waals surface area contributed by atoms with Crippen LogP contribution in [0.2, 0.25) is 0 Å². The number of carbonyl (C=O) groups excluding carboxylic acids is 1. The van der Waals surface area contributed by atoms with Gasteiger partial charge in [0.15, 0.2) is 0 Å². The predicted molar refractivity (Wildman–Crippen MR) is 49.8 cm³/mol. The van der Waals surface area contributed by atoms with E-state index in [1.165, 1.54) is 25.3 Å². The Bertz CT molecular complexity index is 452. The normalized spacial score (nSPS) is 11.0. The standard InChI is InChI=1S/C8H9NO4S/c1-13-7-4-6(5-10)2-3-8(7)14(9,11)12/h2-5H,1H3,(H2,9,11,12). The lowest BCUT2D eigenvalue weighted by Crippen LogP contribution is -2.13. The van der Waals surface area contributed by atoms with Crippen molar-refractivity contribution in [2.75, 3.05) is 7.11 Å². The zero-order valence-electron chi connectivity index (χ0n) is 7.43. The summed E-state index contributed by atoms with van der Waals surface area (Å²) in [4.78, 5) is 10.3. The third-order valence-electron chi connectivity index (χ3n) is 1.63. The quantitative estimate of drug-likeness (QED) is 0.727. The number of nitrogens with two attached hydrogens (primary N) is 1. The van der Waals surface area contributed by atoms with Crippen molar-refractivity contribution >= 4 is 16.3 Å². The van der Waals surface area contributed by atoms with Crippen LogP contribution in [0.5, 0.6) is 5.75 Å². The van der Waals surface area contributed by atoms with Crippen LogP contribution in [0.4, 0.5) is 0 Å². The molecular weight excluding hydrogens is 206 g/mol. The van der Waals surface area contributed by atoms with Gasteiger partial charge in [0.25, 0.3) is 0 Å². The highest BCUT2D eigenvalue weighted by Crippen LogP contribution is 2.22. The average Bonchev–Trinajstić information content (AvgIpc) is 2.15. The molecule has 0 spiro atoms. The minimum atomic E-state index is -3.81. The maximum absolute atomic E-state index is 11.0. The highest BCUT2D eigenvalue weighted by Gasteiger charge is 2.14. The Morgan fingerprint density at radius 1 is 1.43 bits per heavy atom. The Hall–Kier alpha value is -1.40. The SMILES string of the molecule is COc1cc(C=O)ccc1S(N)(=O)=O. The summed E-state index contributed by atoms with van der Waals surface area (Å²) in [5.74, 6) is 0.0668. The van der Waals surface area contributed by atoms with Crippen LogP contribution >= 0.6 is 0 Å². The Kier molecular flexibility index (Phi) is 2.87. The second-order valence-electron chi connectivity index (χ2n) is 2.57. The van der Waals surface area contributed by atoms with Crippen molar-refractivity contribution in [2.45, 2.75) is 4.90 Å². The fourth-order valence-electron chi connectivity index (χ4n) is 0.993.